The lowest BCUT2D eigenvalue weighted by Crippen LogP contribution is -3.15. The molecule has 3 aromatic rings. The summed E-state index contributed by atoms with van der Waals surface area (Å²) in [6, 6.07) is 24.8. The molecule has 0 saturated carbocycles. The Morgan fingerprint density at radius 3 is 1.72 bits per heavy atom. The highest BCUT2D eigenvalue weighted by atomic mass is 35.5. The van der Waals surface area contributed by atoms with E-state index in [-0.39, 0.29) is 12.2 Å². The van der Waals surface area contributed by atoms with E-state index in [9.17, 15) is 14.7 Å². The standard InChI is InChI=1S/C24H22ClNO3/c25-21-13-11-20(12-14-21)23(27)15-22(24(28)29)26(16-18-7-3-1-4-8-18)17-19-9-5-2-6-10-19/h1-14,22H,15-17H2,(H,28,29)/t22-/m1/s1. The van der Waals surface area contributed by atoms with E-state index in [0.29, 0.717) is 23.7 Å². The molecule has 4 nitrogen and oxygen atoms in total. The van der Waals surface area contributed by atoms with Crippen LogP contribution in [0.2, 0.25) is 5.02 Å². The molecule has 0 saturated heterocycles. The Labute approximate surface area is 175 Å². The second-order valence-corrected chi connectivity index (χ2v) is 7.43. The Morgan fingerprint density at radius 2 is 1.28 bits per heavy atom. The first-order chi connectivity index (χ1) is 14.0. The summed E-state index contributed by atoms with van der Waals surface area (Å²) in [6.45, 7) is 0.949. The SMILES string of the molecule is O=C(C[C@H](C(=O)[O-])[NH+](Cc1ccccc1)Cc1ccccc1)c1ccc(Cl)cc1. The van der Waals surface area contributed by atoms with Gasteiger partial charge in [0.2, 0.25) is 0 Å². The number of nitrogens with one attached hydrogen (secondary N) is 1. The van der Waals surface area contributed by atoms with Gasteiger partial charge in [0.05, 0.1) is 12.4 Å². The van der Waals surface area contributed by atoms with Crippen molar-refractivity contribution in [3.05, 3.63) is 107 Å². The van der Waals surface area contributed by atoms with Crippen LogP contribution in [0.4, 0.5) is 0 Å². The van der Waals surface area contributed by atoms with Crippen molar-refractivity contribution in [1.82, 2.24) is 0 Å². The number of benzene rings is 3. The molecule has 0 radical (unpaired) electrons. The van der Waals surface area contributed by atoms with Crippen LogP contribution in [0, 0.1) is 0 Å². The van der Waals surface area contributed by atoms with Gasteiger partial charge in [0, 0.05) is 21.7 Å². The summed E-state index contributed by atoms with van der Waals surface area (Å²) in [4.78, 5) is 25.5. The van der Waals surface area contributed by atoms with Gasteiger partial charge in [0.15, 0.2) is 5.78 Å². The molecule has 29 heavy (non-hydrogen) atoms. The van der Waals surface area contributed by atoms with E-state index < -0.39 is 12.0 Å². The van der Waals surface area contributed by atoms with E-state index in [2.05, 4.69) is 0 Å². The fraction of sp³-hybridized carbons (Fsp3) is 0.167. The van der Waals surface area contributed by atoms with Crippen molar-refractivity contribution in [3.63, 3.8) is 0 Å². The number of carbonyl (C=O) groups excluding carboxylic acids is 2. The molecule has 0 aliphatic rings. The minimum absolute atomic E-state index is 0.140. The number of carboxylic acid groups (broad SMARTS) is 1. The molecule has 0 bridgehead atoms. The summed E-state index contributed by atoms with van der Waals surface area (Å²) >= 11 is 5.88. The number of rotatable bonds is 9. The lowest BCUT2D eigenvalue weighted by molar-refractivity contribution is -0.945. The Morgan fingerprint density at radius 1 is 0.793 bits per heavy atom. The molecule has 1 N–H and O–H groups in total. The third-order valence-electron chi connectivity index (χ3n) is 4.88. The van der Waals surface area contributed by atoms with Crippen LogP contribution in [0.15, 0.2) is 84.9 Å². The van der Waals surface area contributed by atoms with E-state index in [1.54, 1.807) is 24.3 Å². The minimum atomic E-state index is -1.23. The quantitative estimate of drug-likeness (QED) is 0.554. The van der Waals surface area contributed by atoms with Crippen molar-refractivity contribution in [2.75, 3.05) is 0 Å². The number of quaternary nitrogens is 1. The number of carbonyl (C=O) groups is 2. The van der Waals surface area contributed by atoms with Gasteiger partial charge < -0.3 is 14.8 Å². The fourth-order valence-corrected chi connectivity index (χ4v) is 3.48. The van der Waals surface area contributed by atoms with Gasteiger partial charge in [-0.1, -0.05) is 72.3 Å². The first kappa shape index (κ1) is 20.8. The van der Waals surface area contributed by atoms with Crippen LogP contribution in [-0.4, -0.2) is 17.8 Å². The molecule has 0 aromatic heterocycles. The second kappa shape index (κ2) is 10.0. The number of halogens is 1. The highest BCUT2D eigenvalue weighted by Crippen LogP contribution is 2.12. The van der Waals surface area contributed by atoms with Gasteiger partial charge in [-0.15, -0.1) is 0 Å². The smallest absolute Gasteiger partial charge is 0.169 e. The maximum Gasteiger partial charge on any atom is 0.169 e. The van der Waals surface area contributed by atoms with Crippen LogP contribution in [0.5, 0.6) is 0 Å². The van der Waals surface area contributed by atoms with Gasteiger partial charge in [0.25, 0.3) is 0 Å². The molecule has 148 valence electrons. The van der Waals surface area contributed by atoms with Crippen LogP contribution >= 0.6 is 11.6 Å². The lowest BCUT2D eigenvalue weighted by atomic mass is 10.0. The Balaban J connectivity index is 1.85. The first-order valence-electron chi connectivity index (χ1n) is 9.45. The Hall–Kier alpha value is -2.95. The number of ketones is 1. The predicted octanol–water partition coefficient (Wildman–Crippen LogP) is 2.32. The summed E-state index contributed by atoms with van der Waals surface area (Å²) < 4.78 is 0. The maximum atomic E-state index is 12.7. The van der Waals surface area contributed by atoms with Gasteiger partial charge >= 0.3 is 0 Å². The van der Waals surface area contributed by atoms with Crippen molar-refractivity contribution >= 4 is 23.4 Å². The molecule has 3 rings (SSSR count). The number of aliphatic carboxylic acids is 1. The Bertz CT molecular complexity index is 901. The zero-order valence-electron chi connectivity index (χ0n) is 15.9. The van der Waals surface area contributed by atoms with Crippen molar-refractivity contribution in [2.45, 2.75) is 25.6 Å². The summed E-state index contributed by atoms with van der Waals surface area (Å²) in [5.74, 6) is -1.47. The largest absolute Gasteiger partial charge is 0.544 e. The van der Waals surface area contributed by atoms with E-state index in [1.807, 2.05) is 60.7 Å². The third kappa shape index (κ3) is 6.01. The molecule has 0 aliphatic carbocycles. The number of carboxylic acids is 1. The van der Waals surface area contributed by atoms with E-state index in [4.69, 9.17) is 11.6 Å². The molecule has 0 aliphatic heterocycles. The molecule has 5 heteroatoms. The molecular formula is C24H22ClNO3. The zero-order valence-corrected chi connectivity index (χ0v) is 16.6. The number of hydrogen-bond acceptors (Lipinski definition) is 3. The van der Waals surface area contributed by atoms with Crippen molar-refractivity contribution in [2.24, 2.45) is 0 Å². The summed E-state index contributed by atoms with van der Waals surface area (Å²) in [6.07, 6.45) is -0.140. The molecule has 0 fully saturated rings. The second-order valence-electron chi connectivity index (χ2n) is 6.99. The normalized spacial score (nSPS) is 11.9. The Kier molecular flexibility index (Phi) is 7.17. The van der Waals surface area contributed by atoms with Gasteiger partial charge in [0.1, 0.15) is 19.1 Å². The first-order valence-corrected chi connectivity index (χ1v) is 9.83. The van der Waals surface area contributed by atoms with Gasteiger partial charge in [-0.05, 0) is 24.3 Å². The van der Waals surface area contributed by atoms with Crippen LogP contribution in [0.25, 0.3) is 0 Å². The summed E-state index contributed by atoms with van der Waals surface area (Å²) in [5, 5.41) is 12.6. The van der Waals surface area contributed by atoms with Gasteiger partial charge in [-0.2, -0.15) is 0 Å². The van der Waals surface area contributed by atoms with Gasteiger partial charge in [-0.3, -0.25) is 4.79 Å². The molecule has 0 spiro atoms. The van der Waals surface area contributed by atoms with E-state index >= 15 is 0 Å². The molecule has 0 unspecified atom stereocenters. The summed E-state index contributed by atoms with van der Waals surface area (Å²) in [5.41, 5.74) is 2.45. The van der Waals surface area contributed by atoms with Crippen LogP contribution in [-0.2, 0) is 17.9 Å². The number of Topliss-reactive ketones (excluding diaryl/α,β-unsaturated/α-hetero) is 1. The average Bonchev–Trinajstić information content (AvgIpc) is 2.73. The lowest BCUT2D eigenvalue weighted by Gasteiger charge is -2.29. The summed E-state index contributed by atoms with van der Waals surface area (Å²) in [7, 11) is 0. The average molecular weight is 408 g/mol. The van der Waals surface area contributed by atoms with Crippen LogP contribution in [0.3, 0.4) is 0 Å². The molecule has 0 heterocycles. The van der Waals surface area contributed by atoms with E-state index in [0.717, 1.165) is 16.0 Å². The zero-order chi connectivity index (χ0) is 20.6. The van der Waals surface area contributed by atoms with Crippen LogP contribution in [0.1, 0.15) is 27.9 Å². The molecule has 3 aromatic carbocycles. The minimum Gasteiger partial charge on any atom is -0.544 e. The molecule has 1 atom stereocenters. The van der Waals surface area contributed by atoms with E-state index in [1.165, 1.54) is 0 Å². The highest BCUT2D eigenvalue weighted by Gasteiger charge is 2.27. The number of hydrogen-bond donors (Lipinski definition) is 1. The fourth-order valence-electron chi connectivity index (χ4n) is 3.36. The third-order valence-corrected chi connectivity index (χ3v) is 5.13. The molecular weight excluding hydrogens is 386 g/mol. The van der Waals surface area contributed by atoms with Crippen LogP contribution < -0.4 is 10.0 Å². The van der Waals surface area contributed by atoms with Crippen molar-refractivity contribution in [1.29, 1.82) is 0 Å². The monoisotopic (exact) mass is 407 g/mol. The van der Waals surface area contributed by atoms with Crippen molar-refractivity contribution < 1.29 is 19.6 Å². The van der Waals surface area contributed by atoms with Crippen molar-refractivity contribution in [3.8, 4) is 0 Å². The predicted molar refractivity (Wildman–Crippen MR) is 110 cm³/mol. The molecule has 0 amide bonds. The highest BCUT2D eigenvalue weighted by molar-refractivity contribution is 6.30. The maximum absolute atomic E-state index is 12.7. The topological polar surface area (TPSA) is 61.6 Å². The van der Waals surface area contributed by atoms with Gasteiger partial charge in [-0.25, -0.2) is 0 Å².